The molecule has 1 aliphatic rings. The third kappa shape index (κ3) is 4.11. The zero-order valence-corrected chi connectivity index (χ0v) is 14.6. The Hall–Kier alpha value is -1.70. The third-order valence-electron chi connectivity index (χ3n) is 4.66. The highest BCUT2D eigenvalue weighted by Crippen LogP contribution is 2.28. The number of nitrogens with zero attached hydrogens (tertiary/aromatic N) is 2. The van der Waals surface area contributed by atoms with Crippen LogP contribution in [0.2, 0.25) is 0 Å². The standard InChI is InChI=1S/C18H26N2O5/c1-2-3-4-5-6-7-13-8-12-10-20(18(23)19-16(12)24-13)17-15(22)9-14(11-21)25-17/h8,10,14-15,17,21-22H,2-7,9,11H2,1H3/t14-,15+,17+/m0/s1. The topological polar surface area (TPSA) is 97.7 Å². The van der Waals surface area contributed by atoms with E-state index < -0.39 is 24.1 Å². The van der Waals surface area contributed by atoms with Gasteiger partial charge in [0, 0.05) is 19.0 Å². The van der Waals surface area contributed by atoms with Crippen LogP contribution in [-0.4, -0.2) is 38.6 Å². The molecule has 0 unspecified atom stereocenters. The van der Waals surface area contributed by atoms with E-state index in [1.807, 2.05) is 6.07 Å². The Morgan fingerprint density at radius 3 is 2.84 bits per heavy atom. The Kier molecular flexibility index (Phi) is 5.88. The van der Waals surface area contributed by atoms with E-state index in [2.05, 4.69) is 11.9 Å². The lowest BCUT2D eigenvalue weighted by atomic mass is 10.1. The van der Waals surface area contributed by atoms with Crippen molar-refractivity contribution in [3.8, 4) is 0 Å². The van der Waals surface area contributed by atoms with Crippen LogP contribution in [0.3, 0.4) is 0 Å². The van der Waals surface area contributed by atoms with Crippen LogP contribution in [0, 0.1) is 0 Å². The highest BCUT2D eigenvalue weighted by Gasteiger charge is 2.35. The second-order valence-electron chi connectivity index (χ2n) is 6.70. The number of fused-ring (bicyclic) bond motifs is 1. The van der Waals surface area contributed by atoms with Gasteiger partial charge in [-0.05, 0) is 12.5 Å². The number of ether oxygens (including phenoxy) is 1. The maximum atomic E-state index is 12.2. The van der Waals surface area contributed by atoms with Gasteiger partial charge in [-0.15, -0.1) is 0 Å². The molecular formula is C18H26N2O5. The smallest absolute Gasteiger partial charge is 0.353 e. The van der Waals surface area contributed by atoms with Crippen LogP contribution >= 0.6 is 0 Å². The maximum absolute atomic E-state index is 12.2. The lowest BCUT2D eigenvalue weighted by Crippen LogP contribution is -2.31. The summed E-state index contributed by atoms with van der Waals surface area (Å²) in [6.07, 6.45) is 6.49. The van der Waals surface area contributed by atoms with Crippen molar-refractivity contribution in [2.45, 2.75) is 70.3 Å². The van der Waals surface area contributed by atoms with E-state index >= 15 is 0 Å². The minimum Gasteiger partial charge on any atom is -0.443 e. The van der Waals surface area contributed by atoms with Gasteiger partial charge < -0.3 is 19.4 Å². The van der Waals surface area contributed by atoms with Crippen molar-refractivity contribution in [3.63, 3.8) is 0 Å². The van der Waals surface area contributed by atoms with Crippen molar-refractivity contribution < 1.29 is 19.4 Å². The van der Waals surface area contributed by atoms with Gasteiger partial charge in [0.1, 0.15) is 11.9 Å². The maximum Gasteiger partial charge on any atom is 0.353 e. The Morgan fingerprint density at radius 1 is 1.32 bits per heavy atom. The number of aromatic nitrogens is 2. The monoisotopic (exact) mass is 350 g/mol. The number of unbranched alkanes of at least 4 members (excludes halogenated alkanes) is 4. The molecule has 0 aromatic carbocycles. The fraction of sp³-hybridized carbons (Fsp3) is 0.667. The van der Waals surface area contributed by atoms with Crippen LogP contribution in [-0.2, 0) is 11.2 Å². The van der Waals surface area contributed by atoms with Crippen LogP contribution in [0.4, 0.5) is 0 Å². The molecule has 3 rings (SSSR count). The molecule has 7 heteroatoms. The second-order valence-corrected chi connectivity index (χ2v) is 6.70. The van der Waals surface area contributed by atoms with Crippen LogP contribution in [0.5, 0.6) is 0 Å². The summed E-state index contributed by atoms with van der Waals surface area (Å²) in [5.74, 6) is 0.817. The van der Waals surface area contributed by atoms with E-state index in [4.69, 9.17) is 9.15 Å². The van der Waals surface area contributed by atoms with Gasteiger partial charge in [0.05, 0.1) is 18.1 Å². The Labute approximate surface area is 146 Å². The fourth-order valence-corrected chi connectivity index (χ4v) is 3.28. The van der Waals surface area contributed by atoms with Gasteiger partial charge in [0.2, 0.25) is 5.71 Å². The summed E-state index contributed by atoms with van der Waals surface area (Å²) in [7, 11) is 0. The summed E-state index contributed by atoms with van der Waals surface area (Å²) in [6, 6.07) is 1.89. The van der Waals surface area contributed by atoms with Gasteiger partial charge in [-0.3, -0.25) is 4.57 Å². The van der Waals surface area contributed by atoms with Crippen LogP contribution < -0.4 is 5.69 Å². The van der Waals surface area contributed by atoms with E-state index in [9.17, 15) is 15.0 Å². The first kappa shape index (κ1) is 18.1. The Bertz CT molecular complexity index is 753. The van der Waals surface area contributed by atoms with Gasteiger partial charge in [-0.25, -0.2) is 4.79 Å². The predicted molar refractivity (Wildman–Crippen MR) is 92.4 cm³/mol. The minimum absolute atomic E-state index is 0.189. The molecule has 0 saturated carbocycles. The highest BCUT2D eigenvalue weighted by atomic mass is 16.5. The van der Waals surface area contributed by atoms with Gasteiger partial charge >= 0.3 is 5.69 Å². The summed E-state index contributed by atoms with van der Waals surface area (Å²) in [5.41, 5.74) is -0.213. The SMILES string of the molecule is CCCCCCCc1cc2cn([C@@H]3O[C@H](CO)C[C@H]3O)c(=O)nc2o1. The number of aliphatic hydroxyl groups is 2. The molecule has 1 aliphatic heterocycles. The van der Waals surface area contributed by atoms with Crippen molar-refractivity contribution >= 4 is 11.1 Å². The van der Waals surface area contributed by atoms with E-state index in [1.165, 1.54) is 23.8 Å². The largest absolute Gasteiger partial charge is 0.443 e. The van der Waals surface area contributed by atoms with Gasteiger partial charge in [-0.2, -0.15) is 4.98 Å². The normalized spacial score (nSPS) is 23.6. The van der Waals surface area contributed by atoms with Gasteiger partial charge in [0.25, 0.3) is 0 Å². The van der Waals surface area contributed by atoms with Crippen LogP contribution in [0.1, 0.15) is 57.4 Å². The number of aryl methyl sites for hydroxylation is 1. The van der Waals surface area contributed by atoms with Crippen molar-refractivity contribution in [1.29, 1.82) is 0 Å². The first-order chi connectivity index (χ1) is 12.1. The van der Waals surface area contributed by atoms with E-state index in [0.29, 0.717) is 17.5 Å². The first-order valence-electron chi connectivity index (χ1n) is 9.08. The molecule has 0 spiro atoms. The Balaban J connectivity index is 1.74. The molecule has 3 atom stereocenters. The number of hydrogen-bond acceptors (Lipinski definition) is 6. The van der Waals surface area contributed by atoms with Crippen LogP contribution in [0.25, 0.3) is 11.1 Å². The molecular weight excluding hydrogens is 324 g/mol. The van der Waals surface area contributed by atoms with E-state index in [0.717, 1.165) is 25.0 Å². The van der Waals surface area contributed by atoms with Gasteiger partial charge in [-0.1, -0.05) is 32.6 Å². The zero-order chi connectivity index (χ0) is 17.8. The Morgan fingerprint density at radius 2 is 2.12 bits per heavy atom. The molecule has 1 fully saturated rings. The van der Waals surface area contributed by atoms with Crippen LogP contribution in [0.15, 0.2) is 21.5 Å². The summed E-state index contributed by atoms with van der Waals surface area (Å²) < 4.78 is 12.5. The summed E-state index contributed by atoms with van der Waals surface area (Å²) >= 11 is 0. The molecule has 1 saturated heterocycles. The minimum atomic E-state index is -0.848. The van der Waals surface area contributed by atoms with Crippen molar-refractivity contribution in [3.05, 3.63) is 28.5 Å². The van der Waals surface area contributed by atoms with Crippen molar-refractivity contribution in [1.82, 2.24) is 9.55 Å². The highest BCUT2D eigenvalue weighted by molar-refractivity contribution is 5.72. The molecule has 0 radical (unpaired) electrons. The third-order valence-corrected chi connectivity index (χ3v) is 4.66. The molecule has 2 aromatic heterocycles. The summed E-state index contributed by atoms with van der Waals surface area (Å²) in [4.78, 5) is 16.2. The molecule has 0 bridgehead atoms. The van der Waals surface area contributed by atoms with E-state index in [1.54, 1.807) is 6.20 Å². The fourth-order valence-electron chi connectivity index (χ4n) is 3.28. The van der Waals surface area contributed by atoms with E-state index in [-0.39, 0.29) is 6.61 Å². The molecule has 0 amide bonds. The van der Waals surface area contributed by atoms with Crippen molar-refractivity contribution in [2.75, 3.05) is 6.61 Å². The molecule has 3 heterocycles. The number of rotatable bonds is 8. The quantitative estimate of drug-likeness (QED) is 0.708. The second kappa shape index (κ2) is 8.12. The molecule has 7 nitrogen and oxygen atoms in total. The predicted octanol–water partition coefficient (Wildman–Crippen LogP) is 2.14. The first-order valence-corrected chi connectivity index (χ1v) is 9.08. The average Bonchev–Trinajstić information content (AvgIpc) is 3.16. The summed E-state index contributed by atoms with van der Waals surface area (Å²) in [6.45, 7) is 2.00. The lowest BCUT2D eigenvalue weighted by Gasteiger charge is -2.16. The number of hydrogen-bond donors (Lipinski definition) is 2. The summed E-state index contributed by atoms with van der Waals surface area (Å²) in [5, 5.41) is 20.0. The molecule has 0 aliphatic carbocycles. The molecule has 2 aromatic rings. The molecule has 2 N–H and O–H groups in total. The zero-order valence-electron chi connectivity index (χ0n) is 14.6. The molecule has 138 valence electrons. The number of furan rings is 1. The van der Waals surface area contributed by atoms with Crippen molar-refractivity contribution in [2.24, 2.45) is 0 Å². The number of aliphatic hydroxyl groups excluding tert-OH is 2. The average molecular weight is 350 g/mol. The molecule has 25 heavy (non-hydrogen) atoms. The lowest BCUT2D eigenvalue weighted by molar-refractivity contribution is -0.0527. The van der Waals surface area contributed by atoms with Gasteiger partial charge in [0.15, 0.2) is 6.23 Å².